The van der Waals surface area contributed by atoms with E-state index in [1.807, 2.05) is 0 Å². The van der Waals surface area contributed by atoms with Gasteiger partial charge in [-0.25, -0.2) is 8.78 Å². The zero-order chi connectivity index (χ0) is 13.0. The number of hydrogen-bond donors (Lipinski definition) is 0. The number of ether oxygens (including phenoxy) is 1. The van der Waals surface area contributed by atoms with Crippen LogP contribution in [0.15, 0.2) is 18.2 Å². The summed E-state index contributed by atoms with van der Waals surface area (Å²) in [5, 5.41) is 0. The summed E-state index contributed by atoms with van der Waals surface area (Å²) in [7, 11) is 0. The predicted octanol–water partition coefficient (Wildman–Crippen LogP) is 4.05. The van der Waals surface area contributed by atoms with Crippen molar-refractivity contribution in [2.24, 2.45) is 0 Å². The SMILES string of the molecule is CCOc1cc(C(F)F)ccc1C(Br)C(C)=O. The Morgan fingerprint density at radius 2 is 2.12 bits per heavy atom. The average molecular weight is 307 g/mol. The largest absolute Gasteiger partial charge is 0.494 e. The van der Waals surface area contributed by atoms with Crippen molar-refractivity contribution in [2.75, 3.05) is 6.61 Å². The highest BCUT2D eigenvalue weighted by atomic mass is 79.9. The first-order valence-electron chi connectivity index (χ1n) is 5.16. The third-order valence-electron chi connectivity index (χ3n) is 2.22. The van der Waals surface area contributed by atoms with Gasteiger partial charge in [-0.2, -0.15) is 0 Å². The summed E-state index contributed by atoms with van der Waals surface area (Å²) in [6.07, 6.45) is -2.55. The molecule has 0 aliphatic rings. The lowest BCUT2D eigenvalue weighted by molar-refractivity contribution is -0.116. The van der Waals surface area contributed by atoms with Gasteiger partial charge in [0, 0.05) is 11.1 Å². The average Bonchev–Trinajstić information content (AvgIpc) is 2.28. The summed E-state index contributed by atoms with van der Waals surface area (Å²) in [5.41, 5.74) is 0.462. The summed E-state index contributed by atoms with van der Waals surface area (Å²) in [4.78, 5) is 10.7. The number of hydrogen-bond acceptors (Lipinski definition) is 2. The number of carbonyl (C=O) groups is 1. The molecule has 0 aromatic heterocycles. The molecule has 1 unspecified atom stereocenters. The minimum atomic E-state index is -2.55. The third kappa shape index (κ3) is 3.49. The quantitative estimate of drug-likeness (QED) is 0.767. The van der Waals surface area contributed by atoms with Gasteiger partial charge in [-0.15, -0.1) is 0 Å². The van der Waals surface area contributed by atoms with E-state index in [1.165, 1.54) is 25.1 Å². The van der Waals surface area contributed by atoms with Crippen LogP contribution in [-0.4, -0.2) is 12.4 Å². The fourth-order valence-electron chi connectivity index (χ4n) is 1.40. The van der Waals surface area contributed by atoms with E-state index < -0.39 is 11.3 Å². The first-order valence-corrected chi connectivity index (χ1v) is 6.08. The summed E-state index contributed by atoms with van der Waals surface area (Å²) in [6, 6.07) is 4.08. The van der Waals surface area contributed by atoms with Gasteiger partial charge in [-0.1, -0.05) is 28.1 Å². The number of alkyl halides is 3. The van der Waals surface area contributed by atoms with E-state index in [0.29, 0.717) is 17.9 Å². The second-order valence-corrected chi connectivity index (χ2v) is 4.42. The van der Waals surface area contributed by atoms with Crippen LogP contribution in [0.2, 0.25) is 0 Å². The zero-order valence-corrected chi connectivity index (χ0v) is 11.1. The molecule has 0 saturated carbocycles. The van der Waals surface area contributed by atoms with Crippen molar-refractivity contribution in [1.82, 2.24) is 0 Å². The van der Waals surface area contributed by atoms with Crippen LogP contribution in [0.25, 0.3) is 0 Å². The van der Waals surface area contributed by atoms with E-state index in [-0.39, 0.29) is 11.3 Å². The molecule has 0 aliphatic carbocycles. The van der Waals surface area contributed by atoms with Crippen LogP contribution in [0.3, 0.4) is 0 Å². The van der Waals surface area contributed by atoms with Crippen molar-refractivity contribution in [3.05, 3.63) is 29.3 Å². The minimum Gasteiger partial charge on any atom is -0.494 e. The Morgan fingerprint density at radius 3 is 2.59 bits per heavy atom. The molecule has 0 spiro atoms. The number of rotatable bonds is 5. The van der Waals surface area contributed by atoms with Crippen molar-refractivity contribution in [2.45, 2.75) is 25.1 Å². The van der Waals surface area contributed by atoms with Gasteiger partial charge in [0.1, 0.15) is 16.4 Å². The van der Waals surface area contributed by atoms with Crippen LogP contribution in [0.4, 0.5) is 8.78 Å². The number of Topliss-reactive ketones (excluding diaryl/α,β-unsaturated/α-hetero) is 1. The second kappa shape index (κ2) is 6.10. The molecule has 5 heteroatoms. The Hall–Kier alpha value is -0.970. The Kier molecular flexibility index (Phi) is 5.05. The van der Waals surface area contributed by atoms with Gasteiger partial charge in [0.2, 0.25) is 0 Å². The Bertz CT molecular complexity index is 407. The van der Waals surface area contributed by atoms with Crippen LogP contribution in [-0.2, 0) is 4.79 Å². The highest BCUT2D eigenvalue weighted by Gasteiger charge is 2.19. The molecule has 0 amide bonds. The fourth-order valence-corrected chi connectivity index (χ4v) is 1.77. The maximum absolute atomic E-state index is 12.5. The third-order valence-corrected chi connectivity index (χ3v) is 3.36. The molecular weight excluding hydrogens is 294 g/mol. The molecule has 0 heterocycles. The lowest BCUT2D eigenvalue weighted by Crippen LogP contribution is -2.05. The molecule has 1 aromatic carbocycles. The van der Waals surface area contributed by atoms with E-state index in [1.54, 1.807) is 6.92 Å². The molecular formula is C12H13BrF2O2. The summed E-state index contributed by atoms with van der Waals surface area (Å²) in [6.45, 7) is 3.54. The Labute approximate surface area is 107 Å². The molecule has 0 bridgehead atoms. The molecule has 0 saturated heterocycles. The van der Waals surface area contributed by atoms with Crippen molar-refractivity contribution >= 4 is 21.7 Å². The van der Waals surface area contributed by atoms with Crippen molar-refractivity contribution in [1.29, 1.82) is 0 Å². The number of halogens is 3. The van der Waals surface area contributed by atoms with Crippen LogP contribution < -0.4 is 4.74 Å². The summed E-state index contributed by atoms with van der Waals surface area (Å²) >= 11 is 3.22. The molecule has 1 rings (SSSR count). The number of benzene rings is 1. The maximum atomic E-state index is 12.5. The molecule has 0 N–H and O–H groups in total. The monoisotopic (exact) mass is 306 g/mol. The van der Waals surface area contributed by atoms with Crippen LogP contribution in [0.1, 0.15) is 36.2 Å². The topological polar surface area (TPSA) is 26.3 Å². The molecule has 0 fully saturated rings. The van der Waals surface area contributed by atoms with Gasteiger partial charge < -0.3 is 4.74 Å². The standard InChI is InChI=1S/C12H13BrF2O2/c1-3-17-10-6-8(12(14)15)4-5-9(10)11(13)7(2)16/h4-6,11-12H,3H2,1-2H3. The van der Waals surface area contributed by atoms with E-state index >= 15 is 0 Å². The Balaban J connectivity index is 3.16. The van der Waals surface area contributed by atoms with Crippen molar-refractivity contribution in [3.8, 4) is 5.75 Å². The molecule has 0 aliphatic heterocycles. The molecule has 0 radical (unpaired) electrons. The zero-order valence-electron chi connectivity index (χ0n) is 9.54. The van der Waals surface area contributed by atoms with Gasteiger partial charge in [0.05, 0.1) is 6.61 Å². The van der Waals surface area contributed by atoms with Gasteiger partial charge in [0.15, 0.2) is 0 Å². The second-order valence-electron chi connectivity index (χ2n) is 3.50. The minimum absolute atomic E-state index is 0.101. The lowest BCUT2D eigenvalue weighted by atomic mass is 10.1. The van der Waals surface area contributed by atoms with E-state index in [2.05, 4.69) is 15.9 Å². The Morgan fingerprint density at radius 1 is 1.47 bits per heavy atom. The van der Waals surface area contributed by atoms with Gasteiger partial charge >= 0.3 is 0 Å². The maximum Gasteiger partial charge on any atom is 0.263 e. The van der Waals surface area contributed by atoms with E-state index in [0.717, 1.165) is 0 Å². The van der Waals surface area contributed by atoms with Crippen LogP contribution in [0, 0.1) is 0 Å². The summed E-state index contributed by atoms with van der Waals surface area (Å²) < 4.78 is 30.4. The van der Waals surface area contributed by atoms with E-state index in [9.17, 15) is 13.6 Å². The highest BCUT2D eigenvalue weighted by Crippen LogP contribution is 2.34. The van der Waals surface area contributed by atoms with Crippen LogP contribution >= 0.6 is 15.9 Å². The van der Waals surface area contributed by atoms with Crippen LogP contribution in [0.5, 0.6) is 5.75 Å². The number of carbonyl (C=O) groups excluding carboxylic acids is 1. The molecule has 94 valence electrons. The summed E-state index contributed by atoms with van der Waals surface area (Å²) in [5.74, 6) is 0.220. The lowest BCUT2D eigenvalue weighted by Gasteiger charge is -2.14. The number of ketones is 1. The van der Waals surface area contributed by atoms with Gasteiger partial charge in [-0.05, 0) is 19.9 Å². The fraction of sp³-hybridized carbons (Fsp3) is 0.417. The first kappa shape index (κ1) is 14.1. The smallest absolute Gasteiger partial charge is 0.263 e. The van der Waals surface area contributed by atoms with Gasteiger partial charge in [-0.3, -0.25) is 4.79 Å². The first-order chi connectivity index (χ1) is 7.97. The molecule has 1 atom stereocenters. The van der Waals surface area contributed by atoms with Gasteiger partial charge in [0.25, 0.3) is 6.43 Å². The molecule has 1 aromatic rings. The predicted molar refractivity (Wildman–Crippen MR) is 64.9 cm³/mol. The molecule has 17 heavy (non-hydrogen) atoms. The van der Waals surface area contributed by atoms with E-state index in [4.69, 9.17) is 4.74 Å². The molecule has 2 nitrogen and oxygen atoms in total. The highest BCUT2D eigenvalue weighted by molar-refractivity contribution is 9.09. The van der Waals surface area contributed by atoms with Crippen molar-refractivity contribution < 1.29 is 18.3 Å². The normalized spacial score (nSPS) is 12.6. The van der Waals surface area contributed by atoms with Crippen molar-refractivity contribution in [3.63, 3.8) is 0 Å².